The topological polar surface area (TPSA) is 55.4 Å². The molecule has 0 aromatic heterocycles. The summed E-state index contributed by atoms with van der Waals surface area (Å²) in [6.45, 7) is 4.89. The molecule has 0 heterocycles. The van der Waals surface area contributed by atoms with Crippen LogP contribution < -0.4 is 5.32 Å². The van der Waals surface area contributed by atoms with Crippen molar-refractivity contribution < 1.29 is 14.3 Å². The first-order valence-corrected chi connectivity index (χ1v) is 5.06. The Kier molecular flexibility index (Phi) is 8.13. The third kappa shape index (κ3) is 7.73. The Morgan fingerprint density at radius 3 is 2.57 bits per heavy atom. The number of amides is 1. The Hall–Kier alpha value is -0.900. The molecule has 0 bridgehead atoms. The number of ketones is 1. The molecule has 0 saturated heterocycles. The predicted octanol–water partition coefficient (Wildman–Crippen LogP) is 0.898. The largest absolute Gasteiger partial charge is 0.372 e. The summed E-state index contributed by atoms with van der Waals surface area (Å²) in [6.07, 6.45) is 1.83. The maximum absolute atomic E-state index is 10.9. The van der Waals surface area contributed by atoms with Crippen LogP contribution in [0.5, 0.6) is 0 Å². The molecule has 0 unspecified atom stereocenters. The van der Waals surface area contributed by atoms with Gasteiger partial charge in [0.2, 0.25) is 5.91 Å². The first-order chi connectivity index (χ1) is 6.70. The number of carbonyl (C=O) groups excluding carboxylic acids is 2. The number of likely N-dealkylation sites (N-methyl/N-ethyl adjacent to an activating group) is 1. The van der Waals surface area contributed by atoms with E-state index < -0.39 is 0 Å². The van der Waals surface area contributed by atoms with Crippen LogP contribution in [-0.4, -0.2) is 31.4 Å². The van der Waals surface area contributed by atoms with Crippen LogP contribution >= 0.6 is 0 Å². The number of rotatable bonds is 8. The van der Waals surface area contributed by atoms with E-state index in [0.29, 0.717) is 32.4 Å². The van der Waals surface area contributed by atoms with Crippen molar-refractivity contribution in [3.05, 3.63) is 0 Å². The van der Waals surface area contributed by atoms with Gasteiger partial charge in [0, 0.05) is 26.0 Å². The Balaban J connectivity index is 3.21. The van der Waals surface area contributed by atoms with Gasteiger partial charge in [0.15, 0.2) is 0 Å². The Bertz CT molecular complexity index is 180. The molecule has 0 aliphatic rings. The average molecular weight is 201 g/mol. The van der Waals surface area contributed by atoms with Crippen molar-refractivity contribution in [1.29, 1.82) is 0 Å². The average Bonchev–Trinajstić information content (AvgIpc) is 2.17. The SMILES string of the molecule is CCNC(=O)COCCCC(=O)CC. The van der Waals surface area contributed by atoms with Gasteiger partial charge in [-0.1, -0.05) is 6.92 Å². The molecule has 1 N–H and O–H groups in total. The molecular weight excluding hydrogens is 182 g/mol. The van der Waals surface area contributed by atoms with Crippen molar-refractivity contribution in [1.82, 2.24) is 5.32 Å². The zero-order chi connectivity index (χ0) is 10.8. The molecule has 0 rings (SSSR count). The smallest absolute Gasteiger partial charge is 0.245 e. The van der Waals surface area contributed by atoms with Gasteiger partial charge in [0.25, 0.3) is 0 Å². The number of nitrogens with one attached hydrogen (secondary N) is 1. The molecule has 14 heavy (non-hydrogen) atoms. The fourth-order valence-corrected chi connectivity index (χ4v) is 0.961. The van der Waals surface area contributed by atoms with E-state index in [2.05, 4.69) is 5.32 Å². The molecule has 82 valence electrons. The van der Waals surface area contributed by atoms with Crippen LogP contribution in [-0.2, 0) is 14.3 Å². The molecule has 0 fully saturated rings. The summed E-state index contributed by atoms with van der Waals surface area (Å²) in [6, 6.07) is 0. The van der Waals surface area contributed by atoms with Crippen LogP contribution in [0.4, 0.5) is 0 Å². The van der Waals surface area contributed by atoms with Crippen molar-refractivity contribution in [3.63, 3.8) is 0 Å². The summed E-state index contributed by atoms with van der Waals surface area (Å²) >= 11 is 0. The van der Waals surface area contributed by atoms with E-state index >= 15 is 0 Å². The summed E-state index contributed by atoms with van der Waals surface area (Å²) < 4.78 is 5.08. The van der Waals surface area contributed by atoms with Crippen LogP contribution in [0.25, 0.3) is 0 Å². The highest BCUT2D eigenvalue weighted by molar-refractivity contribution is 5.78. The maximum Gasteiger partial charge on any atom is 0.245 e. The summed E-state index contributed by atoms with van der Waals surface area (Å²) in [5.74, 6) is 0.140. The molecule has 4 nitrogen and oxygen atoms in total. The van der Waals surface area contributed by atoms with Gasteiger partial charge >= 0.3 is 0 Å². The van der Waals surface area contributed by atoms with Gasteiger partial charge in [-0.3, -0.25) is 9.59 Å². The van der Waals surface area contributed by atoms with Gasteiger partial charge in [-0.05, 0) is 13.3 Å². The Morgan fingerprint density at radius 2 is 2.00 bits per heavy atom. The lowest BCUT2D eigenvalue weighted by Crippen LogP contribution is -2.27. The number of hydrogen-bond donors (Lipinski definition) is 1. The minimum Gasteiger partial charge on any atom is -0.372 e. The number of ether oxygens (including phenoxy) is 1. The van der Waals surface area contributed by atoms with E-state index in [4.69, 9.17) is 4.74 Å². The van der Waals surface area contributed by atoms with Crippen LogP contribution in [0.3, 0.4) is 0 Å². The molecule has 0 aliphatic carbocycles. The maximum atomic E-state index is 10.9. The molecule has 0 saturated carbocycles. The first-order valence-electron chi connectivity index (χ1n) is 5.06. The zero-order valence-corrected chi connectivity index (χ0v) is 8.97. The fraction of sp³-hybridized carbons (Fsp3) is 0.800. The lowest BCUT2D eigenvalue weighted by Gasteiger charge is -2.03. The minimum absolute atomic E-state index is 0.0914. The molecule has 0 aromatic rings. The molecule has 0 radical (unpaired) electrons. The van der Waals surface area contributed by atoms with Crippen LogP contribution in [0.2, 0.25) is 0 Å². The summed E-state index contributed by atoms with van der Waals surface area (Å²) in [5, 5.41) is 2.63. The molecule has 0 aliphatic heterocycles. The van der Waals surface area contributed by atoms with Gasteiger partial charge in [-0.2, -0.15) is 0 Å². The highest BCUT2D eigenvalue weighted by atomic mass is 16.5. The summed E-state index contributed by atoms with van der Waals surface area (Å²) in [4.78, 5) is 21.8. The zero-order valence-electron chi connectivity index (χ0n) is 8.97. The van der Waals surface area contributed by atoms with Gasteiger partial charge in [-0.15, -0.1) is 0 Å². The normalized spacial score (nSPS) is 9.86. The van der Waals surface area contributed by atoms with Gasteiger partial charge in [0.05, 0.1) is 0 Å². The van der Waals surface area contributed by atoms with Crippen LogP contribution in [0, 0.1) is 0 Å². The summed E-state index contributed by atoms with van der Waals surface area (Å²) in [5.41, 5.74) is 0. The first kappa shape index (κ1) is 13.1. The number of hydrogen-bond acceptors (Lipinski definition) is 3. The second-order valence-corrected chi connectivity index (χ2v) is 3.00. The van der Waals surface area contributed by atoms with Gasteiger partial charge in [-0.25, -0.2) is 0 Å². The monoisotopic (exact) mass is 201 g/mol. The third-order valence-corrected chi connectivity index (χ3v) is 1.75. The molecular formula is C10H19NO3. The Morgan fingerprint density at radius 1 is 1.29 bits per heavy atom. The van der Waals surface area contributed by atoms with Gasteiger partial charge in [0.1, 0.15) is 12.4 Å². The van der Waals surface area contributed by atoms with Gasteiger partial charge < -0.3 is 10.1 Å². The molecule has 1 amide bonds. The van der Waals surface area contributed by atoms with E-state index in [-0.39, 0.29) is 18.3 Å². The highest BCUT2D eigenvalue weighted by Crippen LogP contribution is 1.94. The fourth-order valence-electron chi connectivity index (χ4n) is 0.961. The molecule has 0 aromatic carbocycles. The van der Waals surface area contributed by atoms with E-state index in [1.165, 1.54) is 0 Å². The minimum atomic E-state index is -0.102. The lowest BCUT2D eigenvalue weighted by molar-refractivity contribution is -0.125. The van der Waals surface area contributed by atoms with Crippen molar-refractivity contribution in [2.75, 3.05) is 19.8 Å². The van der Waals surface area contributed by atoms with Crippen molar-refractivity contribution in [3.8, 4) is 0 Å². The predicted molar refractivity (Wildman–Crippen MR) is 54.0 cm³/mol. The summed E-state index contributed by atoms with van der Waals surface area (Å²) in [7, 11) is 0. The number of carbonyl (C=O) groups is 2. The van der Waals surface area contributed by atoms with E-state index in [0.717, 1.165) is 0 Å². The van der Waals surface area contributed by atoms with E-state index in [1.54, 1.807) is 0 Å². The second kappa shape index (κ2) is 8.69. The van der Waals surface area contributed by atoms with Crippen molar-refractivity contribution in [2.24, 2.45) is 0 Å². The van der Waals surface area contributed by atoms with Crippen molar-refractivity contribution in [2.45, 2.75) is 33.1 Å². The lowest BCUT2D eigenvalue weighted by atomic mass is 10.2. The standard InChI is InChI=1S/C10H19NO3/c1-3-9(12)6-5-7-14-8-10(13)11-4-2/h3-8H2,1-2H3,(H,11,13). The van der Waals surface area contributed by atoms with E-state index in [9.17, 15) is 9.59 Å². The van der Waals surface area contributed by atoms with Crippen LogP contribution in [0.15, 0.2) is 0 Å². The highest BCUT2D eigenvalue weighted by Gasteiger charge is 2.00. The quantitative estimate of drug-likeness (QED) is 0.593. The Labute approximate surface area is 85.0 Å². The van der Waals surface area contributed by atoms with E-state index in [1.807, 2.05) is 13.8 Å². The molecule has 0 spiro atoms. The second-order valence-electron chi connectivity index (χ2n) is 3.00. The number of Topliss-reactive ketones (excluding diaryl/α,β-unsaturated/α-hetero) is 1. The molecule has 0 atom stereocenters. The molecule has 4 heteroatoms. The van der Waals surface area contributed by atoms with Crippen molar-refractivity contribution >= 4 is 11.7 Å². The third-order valence-electron chi connectivity index (χ3n) is 1.75. The van der Waals surface area contributed by atoms with Crippen LogP contribution in [0.1, 0.15) is 33.1 Å².